The van der Waals surface area contributed by atoms with Crippen molar-refractivity contribution in [3.8, 4) is 11.5 Å². The van der Waals surface area contributed by atoms with Crippen molar-refractivity contribution in [1.82, 2.24) is 4.90 Å². The molecule has 1 atom stereocenters. The molecule has 0 bridgehead atoms. The van der Waals surface area contributed by atoms with Gasteiger partial charge in [-0.15, -0.1) is 0 Å². The molecule has 0 saturated heterocycles. The Labute approximate surface area is 140 Å². The average Bonchev–Trinajstić information content (AvgIpc) is 2.60. The molecule has 0 amide bonds. The highest BCUT2D eigenvalue weighted by Gasteiger charge is 2.10. The Bertz CT molecular complexity index is 646. The van der Waals surface area contributed by atoms with Crippen LogP contribution < -0.4 is 9.47 Å². The molecule has 2 rings (SSSR count). The highest BCUT2D eigenvalue weighted by Crippen LogP contribution is 2.25. The van der Waals surface area contributed by atoms with Crippen LogP contribution in [-0.2, 0) is 17.3 Å². The standard InChI is InChI=1S/C18H23NO3S/c1-19(11-12-23(20)17-7-5-4-6-8-17)14-15-9-10-16(21-2)13-18(15)22-3/h4-10,13H,11-12,14H2,1-3H3/t23-/m0/s1. The van der Waals surface area contributed by atoms with Crippen molar-refractivity contribution < 1.29 is 13.7 Å². The predicted octanol–water partition coefficient (Wildman–Crippen LogP) is 2.94. The van der Waals surface area contributed by atoms with Crippen molar-refractivity contribution in [2.24, 2.45) is 0 Å². The lowest BCUT2D eigenvalue weighted by Gasteiger charge is -2.18. The second-order valence-corrected chi connectivity index (χ2v) is 6.85. The molecule has 2 aromatic rings. The maximum Gasteiger partial charge on any atom is 0.127 e. The molecule has 0 spiro atoms. The second-order valence-electron chi connectivity index (χ2n) is 5.28. The van der Waals surface area contributed by atoms with Gasteiger partial charge in [0.15, 0.2) is 0 Å². The summed E-state index contributed by atoms with van der Waals surface area (Å²) in [5.74, 6) is 2.19. The van der Waals surface area contributed by atoms with Crippen molar-refractivity contribution in [2.75, 3.05) is 33.6 Å². The molecule has 0 aliphatic rings. The van der Waals surface area contributed by atoms with Gasteiger partial charge in [0.2, 0.25) is 0 Å². The summed E-state index contributed by atoms with van der Waals surface area (Å²) in [5.41, 5.74) is 1.08. The van der Waals surface area contributed by atoms with E-state index in [2.05, 4.69) is 4.90 Å². The van der Waals surface area contributed by atoms with Crippen LogP contribution in [0.15, 0.2) is 53.4 Å². The average molecular weight is 333 g/mol. The van der Waals surface area contributed by atoms with Gasteiger partial charge in [-0.2, -0.15) is 0 Å². The van der Waals surface area contributed by atoms with Crippen LogP contribution in [-0.4, -0.2) is 42.7 Å². The van der Waals surface area contributed by atoms with Gasteiger partial charge in [0.1, 0.15) is 11.5 Å². The molecular weight excluding hydrogens is 310 g/mol. The van der Waals surface area contributed by atoms with Crippen LogP contribution in [0.25, 0.3) is 0 Å². The van der Waals surface area contributed by atoms with Gasteiger partial charge in [-0.05, 0) is 25.2 Å². The first kappa shape index (κ1) is 17.5. The Kier molecular flexibility index (Phi) is 6.62. The number of methoxy groups -OCH3 is 2. The molecule has 0 aliphatic heterocycles. The molecule has 0 fully saturated rings. The molecule has 0 aromatic heterocycles. The first-order valence-corrected chi connectivity index (χ1v) is 8.79. The number of ether oxygens (including phenoxy) is 2. The zero-order valence-electron chi connectivity index (χ0n) is 13.8. The third-order valence-electron chi connectivity index (χ3n) is 3.60. The summed E-state index contributed by atoms with van der Waals surface area (Å²) in [4.78, 5) is 3.02. The van der Waals surface area contributed by atoms with E-state index in [4.69, 9.17) is 9.47 Å². The number of nitrogens with zero attached hydrogens (tertiary/aromatic N) is 1. The first-order chi connectivity index (χ1) is 11.1. The zero-order valence-corrected chi connectivity index (χ0v) is 14.6. The number of rotatable bonds is 8. The fourth-order valence-electron chi connectivity index (χ4n) is 2.28. The molecule has 124 valence electrons. The monoisotopic (exact) mass is 333 g/mol. The van der Waals surface area contributed by atoms with E-state index in [1.807, 2.05) is 55.6 Å². The quantitative estimate of drug-likeness (QED) is 0.744. The molecular formula is C18H23NO3S. The van der Waals surface area contributed by atoms with E-state index < -0.39 is 10.8 Å². The van der Waals surface area contributed by atoms with Crippen molar-refractivity contribution in [3.63, 3.8) is 0 Å². The number of hydrogen-bond donors (Lipinski definition) is 0. The summed E-state index contributed by atoms with van der Waals surface area (Å²) in [7, 11) is 4.35. The summed E-state index contributed by atoms with van der Waals surface area (Å²) in [6.45, 7) is 1.48. The van der Waals surface area contributed by atoms with Crippen LogP contribution in [0.4, 0.5) is 0 Å². The van der Waals surface area contributed by atoms with Crippen molar-refractivity contribution in [3.05, 3.63) is 54.1 Å². The van der Waals surface area contributed by atoms with Crippen LogP contribution in [0.3, 0.4) is 0 Å². The maximum absolute atomic E-state index is 12.3. The molecule has 0 aliphatic carbocycles. The Morgan fingerprint density at radius 3 is 2.43 bits per heavy atom. The van der Waals surface area contributed by atoms with Gasteiger partial charge in [-0.3, -0.25) is 4.21 Å². The van der Waals surface area contributed by atoms with Gasteiger partial charge < -0.3 is 14.4 Å². The number of benzene rings is 2. The van der Waals surface area contributed by atoms with E-state index in [0.29, 0.717) is 5.75 Å². The van der Waals surface area contributed by atoms with Gasteiger partial charge in [-0.1, -0.05) is 24.3 Å². The van der Waals surface area contributed by atoms with E-state index in [1.165, 1.54) is 0 Å². The fourth-order valence-corrected chi connectivity index (χ4v) is 3.46. The van der Waals surface area contributed by atoms with Crippen molar-refractivity contribution in [2.45, 2.75) is 11.4 Å². The minimum absolute atomic E-state index is 0.610. The second kappa shape index (κ2) is 8.70. The lowest BCUT2D eigenvalue weighted by Crippen LogP contribution is -2.23. The van der Waals surface area contributed by atoms with E-state index in [0.717, 1.165) is 35.0 Å². The molecule has 0 saturated carbocycles. The van der Waals surface area contributed by atoms with E-state index >= 15 is 0 Å². The third-order valence-corrected chi connectivity index (χ3v) is 4.95. The molecule has 5 heteroatoms. The summed E-state index contributed by atoms with van der Waals surface area (Å²) < 4.78 is 22.9. The molecule has 2 aromatic carbocycles. The highest BCUT2D eigenvalue weighted by atomic mass is 32.2. The van der Waals surface area contributed by atoms with E-state index in [-0.39, 0.29) is 0 Å². The minimum Gasteiger partial charge on any atom is -0.497 e. The summed E-state index contributed by atoms with van der Waals surface area (Å²) in [6.07, 6.45) is 0. The lowest BCUT2D eigenvalue weighted by molar-refractivity contribution is 0.333. The normalized spacial score (nSPS) is 12.2. The number of hydrogen-bond acceptors (Lipinski definition) is 4. The molecule has 0 heterocycles. The van der Waals surface area contributed by atoms with Gasteiger partial charge in [-0.25, -0.2) is 0 Å². The first-order valence-electron chi connectivity index (χ1n) is 7.47. The van der Waals surface area contributed by atoms with Crippen LogP contribution in [0.5, 0.6) is 11.5 Å². The minimum atomic E-state index is -0.967. The SMILES string of the molecule is COc1ccc(CN(C)CC[S@](=O)c2ccccc2)c(OC)c1. The van der Waals surface area contributed by atoms with Gasteiger partial charge in [0, 0.05) is 35.4 Å². The van der Waals surface area contributed by atoms with Gasteiger partial charge >= 0.3 is 0 Å². The predicted molar refractivity (Wildman–Crippen MR) is 93.6 cm³/mol. The summed E-state index contributed by atoms with van der Waals surface area (Å²) >= 11 is 0. The van der Waals surface area contributed by atoms with Crippen molar-refractivity contribution >= 4 is 10.8 Å². The Morgan fingerprint density at radius 2 is 1.78 bits per heavy atom. The van der Waals surface area contributed by atoms with E-state index in [1.54, 1.807) is 14.2 Å². The summed E-state index contributed by atoms with van der Waals surface area (Å²) in [6, 6.07) is 15.4. The molecule has 0 N–H and O–H groups in total. The third kappa shape index (κ3) is 5.08. The molecule has 23 heavy (non-hydrogen) atoms. The molecule has 0 unspecified atom stereocenters. The van der Waals surface area contributed by atoms with Crippen LogP contribution in [0, 0.1) is 0 Å². The topological polar surface area (TPSA) is 38.8 Å². The maximum atomic E-state index is 12.3. The van der Waals surface area contributed by atoms with Crippen molar-refractivity contribution in [1.29, 1.82) is 0 Å². The van der Waals surface area contributed by atoms with Crippen LogP contribution in [0.1, 0.15) is 5.56 Å². The summed E-state index contributed by atoms with van der Waals surface area (Å²) in [5, 5.41) is 0. The van der Waals surface area contributed by atoms with E-state index in [9.17, 15) is 4.21 Å². The Morgan fingerprint density at radius 1 is 1.04 bits per heavy atom. The van der Waals surface area contributed by atoms with Gasteiger partial charge in [0.25, 0.3) is 0 Å². The highest BCUT2D eigenvalue weighted by molar-refractivity contribution is 7.85. The van der Waals surface area contributed by atoms with Crippen LogP contribution in [0.2, 0.25) is 0 Å². The van der Waals surface area contributed by atoms with Crippen LogP contribution >= 0.6 is 0 Å². The smallest absolute Gasteiger partial charge is 0.127 e. The fraction of sp³-hybridized carbons (Fsp3) is 0.333. The Hall–Kier alpha value is -1.85. The molecule has 4 nitrogen and oxygen atoms in total. The Balaban J connectivity index is 1.92. The lowest BCUT2D eigenvalue weighted by atomic mass is 10.2. The van der Waals surface area contributed by atoms with Gasteiger partial charge in [0.05, 0.1) is 25.0 Å². The largest absolute Gasteiger partial charge is 0.497 e. The molecule has 0 radical (unpaired) electrons. The zero-order chi connectivity index (χ0) is 16.7.